The van der Waals surface area contributed by atoms with E-state index in [1.54, 1.807) is 12.1 Å². The van der Waals surface area contributed by atoms with E-state index in [0.717, 1.165) is 6.42 Å². The van der Waals surface area contributed by atoms with Crippen LogP contribution >= 0.6 is 0 Å². The number of hydrogen-bond acceptors (Lipinski definition) is 2. The maximum atomic E-state index is 12.5. The molecule has 0 heterocycles. The maximum absolute atomic E-state index is 12.5. The number of nitrogens with one attached hydrogen (secondary N) is 1. The van der Waals surface area contributed by atoms with Crippen molar-refractivity contribution in [1.82, 2.24) is 5.32 Å². The van der Waals surface area contributed by atoms with Gasteiger partial charge in [0.2, 0.25) is 0 Å². The molecule has 1 aromatic carbocycles. The number of amides is 2. The van der Waals surface area contributed by atoms with Gasteiger partial charge in [0.25, 0.3) is 0 Å². The Morgan fingerprint density at radius 1 is 1.24 bits per heavy atom. The maximum Gasteiger partial charge on any atom is 0.322 e. The minimum absolute atomic E-state index is 0.0774. The van der Waals surface area contributed by atoms with Gasteiger partial charge in [-0.2, -0.15) is 0 Å². The van der Waals surface area contributed by atoms with Crippen molar-refractivity contribution in [1.29, 1.82) is 0 Å². The molecular formula is C16H24N2O3. The molecule has 0 aliphatic rings. The van der Waals surface area contributed by atoms with Crippen molar-refractivity contribution in [2.45, 2.75) is 39.7 Å². The third-order valence-corrected chi connectivity index (χ3v) is 3.42. The van der Waals surface area contributed by atoms with Gasteiger partial charge < -0.3 is 10.4 Å². The van der Waals surface area contributed by atoms with Crippen LogP contribution < -0.4 is 10.2 Å². The SMILES string of the molecule is CCC(NC(=O)N(CCC(=O)O)c1ccccc1)C(C)C. The van der Waals surface area contributed by atoms with Gasteiger partial charge in [-0.05, 0) is 24.5 Å². The number of carboxylic acids is 1. The standard InChI is InChI=1S/C16H24N2O3/c1-4-14(12(2)3)17-16(21)18(11-10-15(19)20)13-8-6-5-7-9-13/h5-9,12,14H,4,10-11H2,1-3H3,(H,17,21)(H,19,20). The minimum Gasteiger partial charge on any atom is -0.481 e. The number of benzene rings is 1. The van der Waals surface area contributed by atoms with E-state index < -0.39 is 5.97 Å². The summed E-state index contributed by atoms with van der Waals surface area (Å²) in [5, 5.41) is 11.8. The molecule has 1 unspecified atom stereocenters. The Labute approximate surface area is 126 Å². The molecule has 1 rings (SSSR count). The minimum atomic E-state index is -0.917. The number of hydrogen-bond donors (Lipinski definition) is 2. The molecule has 0 bridgehead atoms. The van der Waals surface area contributed by atoms with Crippen LogP contribution in [0.2, 0.25) is 0 Å². The first-order valence-electron chi connectivity index (χ1n) is 7.30. The van der Waals surface area contributed by atoms with Crippen LogP contribution in [0.3, 0.4) is 0 Å². The predicted molar refractivity (Wildman–Crippen MR) is 83.5 cm³/mol. The van der Waals surface area contributed by atoms with Gasteiger partial charge in [0, 0.05) is 18.3 Å². The second-order valence-corrected chi connectivity index (χ2v) is 5.34. The molecule has 1 atom stereocenters. The van der Waals surface area contributed by atoms with E-state index in [2.05, 4.69) is 19.2 Å². The Kier molecular flexibility index (Phi) is 6.72. The summed E-state index contributed by atoms with van der Waals surface area (Å²) in [6.45, 7) is 6.28. The summed E-state index contributed by atoms with van der Waals surface area (Å²) in [6, 6.07) is 8.96. The molecule has 0 aromatic heterocycles. The molecule has 0 saturated carbocycles. The van der Waals surface area contributed by atoms with Gasteiger partial charge in [-0.25, -0.2) is 4.79 Å². The van der Waals surface area contributed by atoms with Crippen LogP contribution in [-0.4, -0.2) is 29.7 Å². The zero-order valence-corrected chi connectivity index (χ0v) is 12.9. The smallest absolute Gasteiger partial charge is 0.322 e. The zero-order chi connectivity index (χ0) is 15.8. The van der Waals surface area contributed by atoms with Crippen LogP contribution in [0.25, 0.3) is 0 Å². The average molecular weight is 292 g/mol. The van der Waals surface area contributed by atoms with Crippen LogP contribution in [0, 0.1) is 5.92 Å². The fourth-order valence-corrected chi connectivity index (χ4v) is 2.14. The molecule has 5 nitrogen and oxygen atoms in total. The molecule has 1 aromatic rings. The van der Waals surface area contributed by atoms with Crippen molar-refractivity contribution >= 4 is 17.7 Å². The van der Waals surface area contributed by atoms with Crippen LogP contribution in [-0.2, 0) is 4.79 Å². The molecule has 2 N–H and O–H groups in total. The lowest BCUT2D eigenvalue weighted by molar-refractivity contribution is -0.136. The number of carbonyl (C=O) groups is 2. The monoisotopic (exact) mass is 292 g/mol. The summed E-state index contributed by atoms with van der Waals surface area (Å²) in [7, 11) is 0. The van der Waals surface area contributed by atoms with Gasteiger partial charge in [-0.15, -0.1) is 0 Å². The number of anilines is 1. The number of para-hydroxylation sites is 1. The summed E-state index contributed by atoms with van der Waals surface area (Å²) in [6.07, 6.45) is 0.756. The van der Waals surface area contributed by atoms with Crippen LogP contribution in [0.15, 0.2) is 30.3 Å². The summed E-state index contributed by atoms with van der Waals surface area (Å²) in [5.41, 5.74) is 0.704. The highest BCUT2D eigenvalue weighted by Crippen LogP contribution is 2.15. The van der Waals surface area contributed by atoms with Gasteiger partial charge in [0.05, 0.1) is 6.42 Å². The second-order valence-electron chi connectivity index (χ2n) is 5.34. The third kappa shape index (κ3) is 5.45. The van der Waals surface area contributed by atoms with E-state index >= 15 is 0 Å². The fourth-order valence-electron chi connectivity index (χ4n) is 2.14. The van der Waals surface area contributed by atoms with Crippen LogP contribution in [0.5, 0.6) is 0 Å². The van der Waals surface area contributed by atoms with Crippen molar-refractivity contribution in [3.05, 3.63) is 30.3 Å². The first kappa shape index (κ1) is 17.0. The lowest BCUT2D eigenvalue weighted by Gasteiger charge is -2.27. The Hall–Kier alpha value is -2.04. The van der Waals surface area contributed by atoms with Gasteiger partial charge >= 0.3 is 12.0 Å². The zero-order valence-electron chi connectivity index (χ0n) is 12.9. The van der Waals surface area contributed by atoms with Crippen LogP contribution in [0.1, 0.15) is 33.6 Å². The first-order valence-corrected chi connectivity index (χ1v) is 7.30. The Balaban J connectivity index is 2.85. The summed E-state index contributed by atoms with van der Waals surface area (Å²) < 4.78 is 0. The van der Waals surface area contributed by atoms with E-state index in [1.807, 2.05) is 25.1 Å². The van der Waals surface area contributed by atoms with Crippen molar-refractivity contribution in [2.24, 2.45) is 5.92 Å². The number of rotatable bonds is 7. The molecule has 5 heteroatoms. The number of carboxylic acid groups (broad SMARTS) is 1. The molecule has 0 radical (unpaired) electrons. The molecule has 0 saturated heterocycles. The Morgan fingerprint density at radius 2 is 1.86 bits per heavy atom. The Bertz CT molecular complexity index is 460. The molecule has 0 aliphatic heterocycles. The van der Waals surface area contributed by atoms with E-state index in [1.165, 1.54) is 4.90 Å². The molecule has 0 fully saturated rings. The van der Waals surface area contributed by atoms with Crippen LogP contribution in [0.4, 0.5) is 10.5 Å². The molecule has 2 amide bonds. The van der Waals surface area contributed by atoms with E-state index in [-0.39, 0.29) is 25.0 Å². The number of aliphatic carboxylic acids is 1. The fraction of sp³-hybridized carbons (Fsp3) is 0.500. The highest BCUT2D eigenvalue weighted by atomic mass is 16.4. The summed E-state index contributed by atoms with van der Waals surface area (Å²) in [4.78, 5) is 24.7. The lowest BCUT2D eigenvalue weighted by Crippen LogP contribution is -2.47. The molecular weight excluding hydrogens is 268 g/mol. The topological polar surface area (TPSA) is 69.6 Å². The van der Waals surface area contributed by atoms with Gasteiger partial charge in [-0.3, -0.25) is 9.69 Å². The predicted octanol–water partition coefficient (Wildman–Crippen LogP) is 3.11. The quantitative estimate of drug-likeness (QED) is 0.811. The molecule has 0 spiro atoms. The summed E-state index contributed by atoms with van der Waals surface area (Å²) >= 11 is 0. The van der Waals surface area contributed by atoms with E-state index in [0.29, 0.717) is 11.6 Å². The van der Waals surface area contributed by atoms with Crippen molar-refractivity contribution in [3.8, 4) is 0 Å². The third-order valence-electron chi connectivity index (χ3n) is 3.42. The number of urea groups is 1. The van der Waals surface area contributed by atoms with Gasteiger partial charge in [-0.1, -0.05) is 39.0 Å². The van der Waals surface area contributed by atoms with E-state index in [9.17, 15) is 9.59 Å². The lowest BCUT2D eigenvalue weighted by atomic mass is 10.0. The second kappa shape index (κ2) is 8.29. The van der Waals surface area contributed by atoms with E-state index in [4.69, 9.17) is 5.11 Å². The normalized spacial score (nSPS) is 12.0. The highest BCUT2D eigenvalue weighted by molar-refractivity contribution is 5.92. The molecule has 116 valence electrons. The van der Waals surface area contributed by atoms with Crippen molar-refractivity contribution in [2.75, 3.05) is 11.4 Å². The first-order chi connectivity index (χ1) is 9.95. The van der Waals surface area contributed by atoms with Gasteiger partial charge in [0.1, 0.15) is 0 Å². The molecule has 0 aliphatic carbocycles. The van der Waals surface area contributed by atoms with Gasteiger partial charge in [0.15, 0.2) is 0 Å². The molecule has 21 heavy (non-hydrogen) atoms. The largest absolute Gasteiger partial charge is 0.481 e. The number of carbonyl (C=O) groups excluding carboxylic acids is 1. The Morgan fingerprint density at radius 3 is 2.33 bits per heavy atom. The average Bonchev–Trinajstić information content (AvgIpc) is 2.45. The number of nitrogens with zero attached hydrogens (tertiary/aromatic N) is 1. The summed E-state index contributed by atoms with van der Waals surface area (Å²) in [5.74, 6) is -0.587. The highest BCUT2D eigenvalue weighted by Gasteiger charge is 2.20. The van der Waals surface area contributed by atoms with Crippen molar-refractivity contribution in [3.63, 3.8) is 0 Å². The van der Waals surface area contributed by atoms with Crippen molar-refractivity contribution < 1.29 is 14.7 Å².